The number of rotatable bonds is 8. The third-order valence-electron chi connectivity index (χ3n) is 8.86. The molecule has 2 saturated carbocycles. The van der Waals surface area contributed by atoms with Crippen LogP contribution in [-0.4, -0.2) is 67.3 Å². The molecule has 1 saturated heterocycles. The van der Waals surface area contributed by atoms with Gasteiger partial charge in [0.1, 0.15) is 28.4 Å². The number of nitrogens with zero attached hydrogens (tertiary/aromatic N) is 5. The van der Waals surface area contributed by atoms with Crippen LogP contribution < -0.4 is 5.32 Å². The Morgan fingerprint density at radius 3 is 2.51 bits per heavy atom. The molecule has 1 N–H and O–H groups in total. The zero-order valence-electron chi connectivity index (χ0n) is 24.3. The molecule has 3 fully saturated rings. The molecule has 2 aromatic rings. The Morgan fingerprint density at radius 2 is 1.90 bits per heavy atom. The quantitative estimate of drug-likeness (QED) is 0.197. The Bertz CT molecular complexity index is 1540. The molecule has 0 spiro atoms. The Morgan fingerprint density at radius 1 is 1.22 bits per heavy atom. The second-order valence-corrected chi connectivity index (χ2v) is 13.7. The van der Waals surface area contributed by atoms with Gasteiger partial charge in [-0.15, -0.1) is 23.2 Å². The number of carbonyl (C=O) groups is 3. The lowest BCUT2D eigenvalue weighted by molar-refractivity contribution is -0.140. The minimum Gasteiger partial charge on any atom is -0.351 e. The van der Waals surface area contributed by atoms with E-state index in [0.29, 0.717) is 35.3 Å². The molecule has 11 heteroatoms. The van der Waals surface area contributed by atoms with Crippen LogP contribution in [0.25, 0.3) is 16.5 Å². The lowest BCUT2D eigenvalue weighted by Gasteiger charge is -2.28. The molecule has 5 atom stereocenters. The number of allylic oxidation sites excluding steroid dienone is 1. The highest BCUT2D eigenvalue weighted by Gasteiger charge is 2.64. The maximum absolute atomic E-state index is 13.9. The summed E-state index contributed by atoms with van der Waals surface area (Å²) in [5.41, 5.74) is 3.59. The number of aliphatic imine (C=N–C) groups is 2. The minimum absolute atomic E-state index is 0.00535. The summed E-state index contributed by atoms with van der Waals surface area (Å²) in [5.74, 6) is -0.0301. The van der Waals surface area contributed by atoms with Crippen LogP contribution in [0.1, 0.15) is 75.5 Å². The highest BCUT2D eigenvalue weighted by atomic mass is 35.5. The minimum atomic E-state index is -0.803. The largest absolute Gasteiger partial charge is 0.351 e. The van der Waals surface area contributed by atoms with Crippen molar-refractivity contribution in [2.24, 2.45) is 21.3 Å². The van der Waals surface area contributed by atoms with Gasteiger partial charge in [-0.2, -0.15) is 5.10 Å². The Labute approximate surface area is 250 Å². The number of nitrogens with one attached hydrogen (secondary N) is 1. The second-order valence-electron chi connectivity index (χ2n) is 12.2. The zero-order chi connectivity index (χ0) is 30.0. The van der Waals surface area contributed by atoms with Crippen LogP contribution >= 0.6 is 23.2 Å². The first kappa shape index (κ1) is 29.5. The normalized spacial score (nSPS) is 27.4. The van der Waals surface area contributed by atoms with Gasteiger partial charge in [-0.05, 0) is 87.9 Å². The fourth-order valence-electron chi connectivity index (χ4n) is 6.20. The molecule has 5 rings (SSSR count). The SMILES string of the molecule is C=N/C(C)=N\C=C(/C)c1cc(C)c2c(c1)c(C(C)=O)nn2CC(=O)N1C2C[C@]2(C)C[C@H]1C(=O)N[C@H](C)[C@H]1CC1(Cl)Cl. The summed E-state index contributed by atoms with van der Waals surface area (Å²) in [6, 6.07) is 3.14. The van der Waals surface area contributed by atoms with Gasteiger partial charge in [0, 0.05) is 36.5 Å². The predicted molar refractivity (Wildman–Crippen MR) is 163 cm³/mol. The third-order valence-corrected chi connectivity index (χ3v) is 9.73. The summed E-state index contributed by atoms with van der Waals surface area (Å²) in [6.07, 6.45) is 3.81. The number of hydrogen-bond donors (Lipinski definition) is 1. The zero-order valence-corrected chi connectivity index (χ0v) is 25.8. The summed E-state index contributed by atoms with van der Waals surface area (Å²) < 4.78 is 0.800. The van der Waals surface area contributed by atoms with Crippen molar-refractivity contribution >= 4 is 69.8 Å². The topological polar surface area (TPSA) is 109 Å². The van der Waals surface area contributed by atoms with Crippen molar-refractivity contribution in [2.45, 2.75) is 89.8 Å². The van der Waals surface area contributed by atoms with Gasteiger partial charge >= 0.3 is 0 Å². The van der Waals surface area contributed by atoms with E-state index in [0.717, 1.165) is 23.1 Å². The standard InChI is InChI=1S/C30H36Cl2N6O3/c1-15-8-20(16(2)13-34-19(5)33-7)9-21-26(18(4)39)36-37(27(15)21)14-25(40)38-23(11-29(6)12-24(29)38)28(41)35-17(3)22-10-30(22,31)32/h8-9,13,17,22-24H,7,10-12,14H2,1-6H3,(H,35,41)/b16-13+,34-19-/t17-,22-,23+,24?,29+/m1/s1. The molecule has 2 amide bonds. The Hall–Kier alpha value is -3.04. The van der Waals surface area contributed by atoms with Crippen molar-refractivity contribution in [1.82, 2.24) is 20.0 Å². The van der Waals surface area contributed by atoms with Gasteiger partial charge < -0.3 is 10.2 Å². The van der Waals surface area contributed by atoms with Crippen LogP contribution in [0.15, 0.2) is 28.3 Å². The van der Waals surface area contributed by atoms with E-state index in [1.807, 2.05) is 32.9 Å². The van der Waals surface area contributed by atoms with Gasteiger partial charge in [0.05, 0.1) is 5.52 Å². The highest BCUT2D eigenvalue weighted by molar-refractivity contribution is 6.51. The van der Waals surface area contributed by atoms with Crippen LogP contribution in [0.2, 0.25) is 0 Å². The predicted octanol–water partition coefficient (Wildman–Crippen LogP) is 5.11. The van der Waals surface area contributed by atoms with Crippen molar-refractivity contribution < 1.29 is 14.4 Å². The molecule has 1 aliphatic heterocycles. The van der Waals surface area contributed by atoms with Crippen LogP contribution in [-0.2, 0) is 16.1 Å². The number of aromatic nitrogens is 2. The fourth-order valence-corrected chi connectivity index (χ4v) is 6.91. The van der Waals surface area contributed by atoms with E-state index in [-0.39, 0.29) is 47.6 Å². The first-order valence-electron chi connectivity index (χ1n) is 13.9. The number of aryl methyl sites for hydroxylation is 1. The number of halogens is 2. The van der Waals surface area contributed by atoms with Crippen molar-refractivity contribution in [1.29, 1.82) is 0 Å². The summed E-state index contributed by atoms with van der Waals surface area (Å²) in [4.78, 5) is 49.7. The van der Waals surface area contributed by atoms with Gasteiger partial charge in [-0.25, -0.2) is 9.98 Å². The first-order chi connectivity index (χ1) is 19.2. The molecule has 218 valence electrons. The summed E-state index contributed by atoms with van der Waals surface area (Å²) >= 11 is 12.4. The molecule has 1 unspecified atom stereocenters. The molecular weight excluding hydrogens is 563 g/mol. The molecule has 0 bridgehead atoms. The lowest BCUT2D eigenvalue weighted by Crippen LogP contribution is -2.51. The van der Waals surface area contributed by atoms with Gasteiger partial charge in [0.2, 0.25) is 11.8 Å². The molecule has 2 heterocycles. The lowest BCUT2D eigenvalue weighted by atomic mass is 10.0. The Balaban J connectivity index is 1.42. The van der Waals surface area contributed by atoms with Crippen LogP contribution in [0, 0.1) is 18.3 Å². The molecular formula is C30H36Cl2N6O3. The van der Waals surface area contributed by atoms with Crippen molar-refractivity contribution in [3.63, 3.8) is 0 Å². The van der Waals surface area contributed by atoms with Crippen LogP contribution in [0.3, 0.4) is 0 Å². The van der Waals surface area contributed by atoms with Gasteiger partial charge in [-0.1, -0.05) is 6.92 Å². The van der Waals surface area contributed by atoms with E-state index in [1.165, 1.54) is 6.92 Å². The smallest absolute Gasteiger partial charge is 0.245 e. The Kier molecular flexibility index (Phi) is 7.43. The van der Waals surface area contributed by atoms with E-state index in [1.54, 1.807) is 22.7 Å². The number of benzene rings is 1. The summed E-state index contributed by atoms with van der Waals surface area (Å²) in [6.45, 7) is 14.5. The summed E-state index contributed by atoms with van der Waals surface area (Å²) in [5, 5.41) is 8.31. The number of amidine groups is 1. The van der Waals surface area contributed by atoms with Gasteiger partial charge in [0.25, 0.3) is 0 Å². The van der Waals surface area contributed by atoms with Crippen molar-refractivity contribution in [3.05, 3.63) is 35.2 Å². The first-order valence-corrected chi connectivity index (χ1v) is 14.6. The van der Waals surface area contributed by atoms with E-state index >= 15 is 0 Å². The van der Waals surface area contributed by atoms with Crippen LogP contribution in [0.5, 0.6) is 0 Å². The van der Waals surface area contributed by atoms with Gasteiger partial charge in [0.15, 0.2) is 5.78 Å². The van der Waals surface area contributed by atoms with E-state index in [9.17, 15) is 14.4 Å². The molecule has 2 aliphatic carbocycles. The van der Waals surface area contributed by atoms with E-state index < -0.39 is 10.4 Å². The summed E-state index contributed by atoms with van der Waals surface area (Å²) in [7, 11) is 0. The van der Waals surface area contributed by atoms with Crippen molar-refractivity contribution in [3.8, 4) is 0 Å². The molecule has 1 aromatic carbocycles. The maximum Gasteiger partial charge on any atom is 0.245 e. The third kappa shape index (κ3) is 5.46. The molecule has 0 radical (unpaired) electrons. The number of ketones is 1. The number of carbonyl (C=O) groups excluding carboxylic acids is 3. The number of alkyl halides is 2. The average Bonchev–Trinajstić information content (AvgIpc) is 3.64. The van der Waals surface area contributed by atoms with Crippen molar-refractivity contribution in [2.75, 3.05) is 0 Å². The molecule has 1 aromatic heterocycles. The number of fused-ring (bicyclic) bond motifs is 2. The maximum atomic E-state index is 13.9. The fraction of sp³-hybridized carbons (Fsp3) is 0.533. The monoisotopic (exact) mass is 598 g/mol. The van der Waals surface area contributed by atoms with Gasteiger partial charge in [-0.3, -0.25) is 19.1 Å². The molecule has 41 heavy (non-hydrogen) atoms. The number of piperidine rings is 1. The van der Waals surface area contributed by atoms with E-state index in [2.05, 4.69) is 34.0 Å². The van der Waals surface area contributed by atoms with Crippen LogP contribution in [0.4, 0.5) is 0 Å². The number of Topliss-reactive ketones (excluding diaryl/α,β-unsaturated/α-hetero) is 1. The average molecular weight is 600 g/mol. The van der Waals surface area contributed by atoms with E-state index in [4.69, 9.17) is 23.2 Å². The molecule has 9 nitrogen and oxygen atoms in total. The number of amides is 2. The second kappa shape index (κ2) is 10.3. The number of likely N-dealkylation sites (tertiary alicyclic amines) is 1. The molecule has 3 aliphatic rings. The highest BCUT2D eigenvalue weighted by Crippen LogP contribution is 2.59. The number of hydrogen-bond acceptors (Lipinski definition) is 5.